The van der Waals surface area contributed by atoms with Gasteiger partial charge in [0.1, 0.15) is 0 Å². The van der Waals surface area contributed by atoms with E-state index in [9.17, 15) is 0 Å². The second-order valence-electron chi connectivity index (χ2n) is 7.85. The smallest absolute Gasteiger partial charge is 0.399 e. The molecule has 2 fully saturated rings. The van der Waals surface area contributed by atoms with Gasteiger partial charge < -0.3 is 19.1 Å². The Balaban J connectivity index is 1.70. The number of likely N-dealkylation sites (tertiary alicyclic amines) is 1. The molecule has 3 aliphatic rings. The summed E-state index contributed by atoms with van der Waals surface area (Å²) in [4.78, 5) is 4.88. The highest BCUT2D eigenvalue weighted by Crippen LogP contribution is 2.39. The third kappa shape index (κ3) is 2.99. The van der Waals surface area contributed by atoms with Crippen LogP contribution in [-0.4, -0.2) is 60.8 Å². The maximum atomic E-state index is 6.18. The molecule has 0 aliphatic carbocycles. The van der Waals surface area contributed by atoms with E-state index in [0.29, 0.717) is 6.04 Å². The van der Waals surface area contributed by atoms with E-state index in [0.717, 1.165) is 12.0 Å². The zero-order chi connectivity index (χ0) is 16.0. The minimum absolute atomic E-state index is 0.254. The standard InChI is InChI=1S/C17H29BN2O2/c1-16(2)17(3,4)22-18(21-16)14-7-6-10-20(13-14)15-8-11-19(5)12-9-15/h6-7,13,15H,8-12H2,1-5H3. The molecule has 0 bridgehead atoms. The lowest BCUT2D eigenvalue weighted by Gasteiger charge is -2.37. The van der Waals surface area contributed by atoms with Crippen LogP contribution in [0.2, 0.25) is 0 Å². The molecule has 5 heteroatoms. The Morgan fingerprint density at radius 2 is 1.68 bits per heavy atom. The van der Waals surface area contributed by atoms with Gasteiger partial charge in [-0.3, -0.25) is 0 Å². The molecule has 0 N–H and O–H groups in total. The topological polar surface area (TPSA) is 24.9 Å². The van der Waals surface area contributed by atoms with Crippen LogP contribution in [0.3, 0.4) is 0 Å². The summed E-state index contributed by atoms with van der Waals surface area (Å²) in [7, 11) is 1.95. The highest BCUT2D eigenvalue weighted by Gasteiger charge is 2.52. The number of hydrogen-bond acceptors (Lipinski definition) is 4. The van der Waals surface area contributed by atoms with E-state index in [1.807, 2.05) is 0 Å². The predicted molar refractivity (Wildman–Crippen MR) is 90.5 cm³/mol. The molecule has 2 saturated heterocycles. The minimum Gasteiger partial charge on any atom is -0.399 e. The van der Waals surface area contributed by atoms with Gasteiger partial charge in [-0.1, -0.05) is 12.2 Å². The molecule has 4 nitrogen and oxygen atoms in total. The van der Waals surface area contributed by atoms with Crippen LogP contribution in [0, 0.1) is 0 Å². The van der Waals surface area contributed by atoms with Crippen LogP contribution in [-0.2, 0) is 9.31 Å². The average molecular weight is 304 g/mol. The molecule has 3 heterocycles. The van der Waals surface area contributed by atoms with Crippen molar-refractivity contribution >= 4 is 7.12 Å². The zero-order valence-electron chi connectivity index (χ0n) is 14.6. The molecule has 0 aromatic carbocycles. The summed E-state index contributed by atoms with van der Waals surface area (Å²) < 4.78 is 12.4. The molecular formula is C17H29BN2O2. The predicted octanol–water partition coefficient (Wildman–Crippen LogP) is 2.47. The molecule has 122 valence electrons. The van der Waals surface area contributed by atoms with Crippen LogP contribution in [0.1, 0.15) is 40.5 Å². The fraction of sp³-hybridized carbons (Fsp3) is 0.765. The molecule has 0 radical (unpaired) electrons. The lowest BCUT2D eigenvalue weighted by atomic mass is 9.77. The number of hydrogen-bond donors (Lipinski definition) is 0. The molecule has 0 spiro atoms. The van der Waals surface area contributed by atoms with Crippen LogP contribution in [0.25, 0.3) is 0 Å². The van der Waals surface area contributed by atoms with Crippen LogP contribution >= 0.6 is 0 Å². The first kappa shape index (κ1) is 16.1. The fourth-order valence-corrected chi connectivity index (χ4v) is 3.30. The summed E-state index contributed by atoms with van der Waals surface area (Å²) in [6, 6.07) is 0.638. The molecule has 3 aliphatic heterocycles. The Labute approximate surface area is 135 Å². The normalized spacial score (nSPS) is 29.0. The summed E-state index contributed by atoms with van der Waals surface area (Å²) in [5.41, 5.74) is 0.591. The van der Waals surface area contributed by atoms with Crippen molar-refractivity contribution in [3.63, 3.8) is 0 Å². The molecule has 0 aromatic rings. The number of nitrogens with zero attached hydrogens (tertiary/aromatic N) is 2. The number of piperidine rings is 1. The van der Waals surface area contributed by atoms with Crippen molar-refractivity contribution in [1.82, 2.24) is 9.80 Å². The van der Waals surface area contributed by atoms with E-state index in [1.54, 1.807) is 0 Å². The van der Waals surface area contributed by atoms with Crippen LogP contribution in [0.4, 0.5) is 0 Å². The van der Waals surface area contributed by atoms with Crippen molar-refractivity contribution in [2.45, 2.75) is 57.8 Å². The molecule has 3 rings (SSSR count). The molecule has 0 atom stereocenters. The second kappa shape index (κ2) is 5.70. The maximum Gasteiger partial charge on any atom is 0.496 e. The van der Waals surface area contributed by atoms with Crippen LogP contribution in [0.15, 0.2) is 23.8 Å². The van der Waals surface area contributed by atoms with Gasteiger partial charge in [-0.15, -0.1) is 0 Å². The Morgan fingerprint density at radius 1 is 1.09 bits per heavy atom. The Morgan fingerprint density at radius 3 is 2.27 bits per heavy atom. The van der Waals surface area contributed by atoms with Crippen LogP contribution < -0.4 is 0 Å². The highest BCUT2D eigenvalue weighted by atomic mass is 16.7. The Kier molecular flexibility index (Phi) is 4.17. The average Bonchev–Trinajstić information content (AvgIpc) is 2.68. The van der Waals surface area contributed by atoms with Gasteiger partial charge in [0.25, 0.3) is 0 Å². The van der Waals surface area contributed by atoms with Crippen molar-refractivity contribution in [3.8, 4) is 0 Å². The largest absolute Gasteiger partial charge is 0.496 e. The molecule has 0 amide bonds. The van der Waals surface area contributed by atoms with Gasteiger partial charge >= 0.3 is 7.12 Å². The summed E-state index contributed by atoms with van der Waals surface area (Å²) in [5.74, 6) is 0. The summed E-state index contributed by atoms with van der Waals surface area (Å²) in [5, 5.41) is 0. The summed E-state index contributed by atoms with van der Waals surface area (Å²) >= 11 is 0. The van der Waals surface area contributed by atoms with Crippen molar-refractivity contribution in [3.05, 3.63) is 23.8 Å². The first-order chi connectivity index (χ1) is 10.3. The Bertz CT molecular complexity index is 463. The SMILES string of the molecule is CN1CCC(N2C=C(B3OC(C)(C)C(C)(C)O3)C=CC2)CC1. The van der Waals surface area contributed by atoms with E-state index < -0.39 is 0 Å². The Hall–Kier alpha value is -0.775. The molecule has 22 heavy (non-hydrogen) atoms. The van der Waals surface area contributed by atoms with E-state index in [2.05, 4.69) is 62.9 Å². The molecule has 0 unspecified atom stereocenters. The highest BCUT2D eigenvalue weighted by molar-refractivity contribution is 6.55. The van der Waals surface area contributed by atoms with Gasteiger partial charge in [0.15, 0.2) is 0 Å². The van der Waals surface area contributed by atoms with Gasteiger partial charge in [-0.25, -0.2) is 0 Å². The van der Waals surface area contributed by atoms with Crippen LogP contribution in [0.5, 0.6) is 0 Å². The third-order valence-electron chi connectivity index (χ3n) is 5.62. The van der Waals surface area contributed by atoms with Crippen molar-refractivity contribution in [2.24, 2.45) is 0 Å². The molecular weight excluding hydrogens is 275 g/mol. The third-order valence-corrected chi connectivity index (χ3v) is 5.62. The van der Waals surface area contributed by atoms with Gasteiger partial charge in [0.05, 0.1) is 11.2 Å². The van der Waals surface area contributed by atoms with E-state index in [1.165, 1.54) is 25.9 Å². The number of allylic oxidation sites excluding steroid dienone is 2. The van der Waals surface area contributed by atoms with Gasteiger partial charge in [0, 0.05) is 12.6 Å². The fourth-order valence-electron chi connectivity index (χ4n) is 3.30. The minimum atomic E-state index is -0.276. The van der Waals surface area contributed by atoms with E-state index in [4.69, 9.17) is 9.31 Å². The van der Waals surface area contributed by atoms with Gasteiger partial charge in [-0.2, -0.15) is 0 Å². The first-order valence-electron chi connectivity index (χ1n) is 8.47. The lowest BCUT2D eigenvalue weighted by molar-refractivity contribution is 0.00578. The van der Waals surface area contributed by atoms with Crippen molar-refractivity contribution in [2.75, 3.05) is 26.7 Å². The maximum absolute atomic E-state index is 6.18. The van der Waals surface area contributed by atoms with Crippen molar-refractivity contribution in [1.29, 1.82) is 0 Å². The monoisotopic (exact) mass is 304 g/mol. The van der Waals surface area contributed by atoms with Gasteiger partial charge in [0.2, 0.25) is 0 Å². The number of rotatable bonds is 2. The van der Waals surface area contributed by atoms with Gasteiger partial charge in [-0.05, 0) is 72.3 Å². The second-order valence-corrected chi connectivity index (χ2v) is 7.85. The summed E-state index contributed by atoms with van der Waals surface area (Å²) in [6.07, 6.45) is 9.12. The van der Waals surface area contributed by atoms with Crippen molar-refractivity contribution < 1.29 is 9.31 Å². The zero-order valence-corrected chi connectivity index (χ0v) is 14.6. The first-order valence-corrected chi connectivity index (χ1v) is 8.47. The quantitative estimate of drug-likeness (QED) is 0.732. The molecule has 0 aromatic heterocycles. The molecule has 0 saturated carbocycles. The van der Waals surface area contributed by atoms with E-state index >= 15 is 0 Å². The summed E-state index contributed by atoms with van der Waals surface area (Å²) in [6.45, 7) is 11.8. The lowest BCUT2D eigenvalue weighted by Crippen LogP contribution is -2.42. The van der Waals surface area contributed by atoms with E-state index in [-0.39, 0.29) is 18.3 Å².